The van der Waals surface area contributed by atoms with Gasteiger partial charge in [0.15, 0.2) is 0 Å². The van der Waals surface area contributed by atoms with Crippen molar-refractivity contribution in [3.63, 3.8) is 0 Å². The standard InChI is InChI=1S/C22H20N4O2S/c1-15(22-24-17-9-5-6-10-19(17)29-22)13-23-21(28)18-11-12-20(27)26(25-18)14-16-7-3-2-4-8-16/h2-12,15H,13-14H2,1H3,(H,23,28)/t15-/m1/s1. The van der Waals surface area contributed by atoms with E-state index in [4.69, 9.17) is 0 Å². The van der Waals surface area contributed by atoms with E-state index < -0.39 is 0 Å². The van der Waals surface area contributed by atoms with E-state index in [9.17, 15) is 9.59 Å². The molecule has 29 heavy (non-hydrogen) atoms. The zero-order chi connectivity index (χ0) is 20.2. The third-order valence-electron chi connectivity index (χ3n) is 4.58. The van der Waals surface area contributed by atoms with E-state index in [0.717, 1.165) is 20.8 Å². The van der Waals surface area contributed by atoms with Crippen molar-refractivity contribution in [2.45, 2.75) is 19.4 Å². The van der Waals surface area contributed by atoms with Crippen LogP contribution in [0.25, 0.3) is 10.2 Å². The van der Waals surface area contributed by atoms with Crippen LogP contribution in [-0.4, -0.2) is 27.2 Å². The van der Waals surface area contributed by atoms with Crippen molar-refractivity contribution < 1.29 is 4.79 Å². The van der Waals surface area contributed by atoms with Gasteiger partial charge in [-0.1, -0.05) is 49.4 Å². The van der Waals surface area contributed by atoms with Crippen LogP contribution in [0.2, 0.25) is 0 Å². The van der Waals surface area contributed by atoms with Gasteiger partial charge in [0, 0.05) is 18.5 Å². The lowest BCUT2D eigenvalue weighted by atomic mass is 10.2. The lowest BCUT2D eigenvalue weighted by Crippen LogP contribution is -2.31. The van der Waals surface area contributed by atoms with Gasteiger partial charge < -0.3 is 5.32 Å². The number of rotatable bonds is 6. The van der Waals surface area contributed by atoms with E-state index in [-0.39, 0.29) is 23.1 Å². The molecule has 2 aromatic heterocycles. The first-order valence-corrected chi connectivity index (χ1v) is 10.2. The number of para-hydroxylation sites is 1. The summed E-state index contributed by atoms with van der Waals surface area (Å²) in [5.41, 5.74) is 1.90. The number of benzene rings is 2. The highest BCUT2D eigenvalue weighted by Gasteiger charge is 2.15. The molecule has 7 heteroatoms. The summed E-state index contributed by atoms with van der Waals surface area (Å²) < 4.78 is 2.44. The van der Waals surface area contributed by atoms with E-state index in [0.29, 0.717) is 13.1 Å². The molecule has 1 atom stereocenters. The van der Waals surface area contributed by atoms with Crippen molar-refractivity contribution >= 4 is 27.5 Å². The van der Waals surface area contributed by atoms with Crippen molar-refractivity contribution in [3.05, 3.63) is 93.3 Å². The number of hydrogen-bond donors (Lipinski definition) is 1. The first-order valence-electron chi connectivity index (χ1n) is 9.36. The molecule has 0 aliphatic heterocycles. The topological polar surface area (TPSA) is 76.9 Å². The fourth-order valence-corrected chi connectivity index (χ4v) is 3.98. The molecule has 2 heterocycles. The summed E-state index contributed by atoms with van der Waals surface area (Å²) in [5, 5.41) is 8.11. The Morgan fingerprint density at radius 2 is 1.83 bits per heavy atom. The second-order valence-electron chi connectivity index (χ2n) is 6.83. The Morgan fingerprint density at radius 3 is 2.62 bits per heavy atom. The van der Waals surface area contributed by atoms with E-state index in [1.807, 2.05) is 61.5 Å². The minimum absolute atomic E-state index is 0.0755. The highest BCUT2D eigenvalue weighted by Crippen LogP contribution is 2.26. The van der Waals surface area contributed by atoms with Gasteiger partial charge in [-0.2, -0.15) is 5.10 Å². The summed E-state index contributed by atoms with van der Waals surface area (Å²) in [4.78, 5) is 29.3. The monoisotopic (exact) mass is 404 g/mol. The predicted molar refractivity (Wildman–Crippen MR) is 114 cm³/mol. The first-order chi connectivity index (χ1) is 14.1. The molecule has 0 spiro atoms. The quantitative estimate of drug-likeness (QED) is 0.534. The number of thiazole rings is 1. The second kappa shape index (κ2) is 8.36. The van der Waals surface area contributed by atoms with Gasteiger partial charge >= 0.3 is 0 Å². The Morgan fingerprint density at radius 1 is 1.07 bits per heavy atom. The average Bonchev–Trinajstić information content (AvgIpc) is 3.18. The molecule has 0 saturated heterocycles. The van der Waals surface area contributed by atoms with E-state index >= 15 is 0 Å². The van der Waals surface area contributed by atoms with Crippen molar-refractivity contribution in [3.8, 4) is 0 Å². The number of nitrogens with one attached hydrogen (secondary N) is 1. The van der Waals surface area contributed by atoms with Gasteiger partial charge in [-0.15, -0.1) is 11.3 Å². The van der Waals surface area contributed by atoms with E-state index in [2.05, 4.69) is 15.4 Å². The molecule has 4 rings (SSSR count). The lowest BCUT2D eigenvalue weighted by Gasteiger charge is -2.11. The van der Waals surface area contributed by atoms with Gasteiger partial charge in [0.05, 0.1) is 21.8 Å². The fraction of sp³-hybridized carbons (Fsp3) is 0.182. The van der Waals surface area contributed by atoms with Gasteiger partial charge in [-0.05, 0) is 23.8 Å². The minimum atomic E-state index is -0.306. The third kappa shape index (κ3) is 4.41. The highest BCUT2D eigenvalue weighted by molar-refractivity contribution is 7.18. The Bertz CT molecular complexity index is 1170. The molecule has 0 fully saturated rings. The van der Waals surface area contributed by atoms with E-state index in [1.165, 1.54) is 16.8 Å². The van der Waals surface area contributed by atoms with E-state index in [1.54, 1.807) is 11.3 Å². The van der Waals surface area contributed by atoms with Crippen LogP contribution < -0.4 is 10.9 Å². The number of carbonyl (C=O) groups excluding carboxylic acids is 1. The number of nitrogens with zero attached hydrogens (tertiary/aromatic N) is 3. The molecular weight excluding hydrogens is 384 g/mol. The van der Waals surface area contributed by atoms with Gasteiger partial charge in [0.1, 0.15) is 5.69 Å². The highest BCUT2D eigenvalue weighted by atomic mass is 32.1. The maximum atomic E-state index is 12.6. The Balaban J connectivity index is 1.44. The molecule has 0 saturated carbocycles. The summed E-state index contributed by atoms with van der Waals surface area (Å²) in [7, 11) is 0. The molecule has 1 amide bonds. The zero-order valence-electron chi connectivity index (χ0n) is 15.9. The molecule has 0 aliphatic rings. The molecular formula is C22H20N4O2S. The molecule has 0 bridgehead atoms. The largest absolute Gasteiger partial charge is 0.350 e. The summed E-state index contributed by atoms with van der Waals surface area (Å²) in [6, 6.07) is 20.4. The number of carbonyl (C=O) groups is 1. The van der Waals surface area contributed by atoms with Crippen LogP contribution in [0.1, 0.15) is 33.9 Å². The maximum absolute atomic E-state index is 12.6. The maximum Gasteiger partial charge on any atom is 0.271 e. The predicted octanol–water partition coefficient (Wildman–Crippen LogP) is 3.43. The number of amides is 1. The van der Waals surface area contributed by atoms with Gasteiger partial charge in [0.2, 0.25) is 0 Å². The minimum Gasteiger partial charge on any atom is -0.350 e. The van der Waals surface area contributed by atoms with Crippen molar-refractivity contribution in [1.82, 2.24) is 20.1 Å². The van der Waals surface area contributed by atoms with Crippen LogP contribution in [0.15, 0.2) is 71.5 Å². The Hall–Kier alpha value is -3.32. The van der Waals surface area contributed by atoms with Crippen LogP contribution in [0.4, 0.5) is 0 Å². The van der Waals surface area contributed by atoms with Crippen molar-refractivity contribution in [1.29, 1.82) is 0 Å². The number of hydrogen-bond acceptors (Lipinski definition) is 5. The third-order valence-corrected chi connectivity index (χ3v) is 5.84. The lowest BCUT2D eigenvalue weighted by molar-refractivity contribution is 0.0944. The molecule has 6 nitrogen and oxygen atoms in total. The summed E-state index contributed by atoms with van der Waals surface area (Å²) in [6.45, 7) is 2.79. The zero-order valence-corrected chi connectivity index (χ0v) is 16.7. The summed E-state index contributed by atoms with van der Waals surface area (Å²) in [5.74, 6) is -0.230. The fourth-order valence-electron chi connectivity index (χ4n) is 2.96. The van der Waals surface area contributed by atoms with Crippen molar-refractivity contribution in [2.75, 3.05) is 6.54 Å². The van der Waals surface area contributed by atoms with Crippen molar-refractivity contribution in [2.24, 2.45) is 0 Å². The SMILES string of the molecule is C[C@H](CNC(=O)c1ccc(=O)n(Cc2ccccc2)n1)c1nc2ccccc2s1. The Labute approximate surface area is 171 Å². The molecule has 146 valence electrons. The molecule has 2 aromatic carbocycles. The van der Waals surface area contributed by atoms with Gasteiger partial charge in [-0.25, -0.2) is 9.67 Å². The van der Waals surface area contributed by atoms with Crippen LogP contribution in [0.3, 0.4) is 0 Å². The molecule has 4 aromatic rings. The summed E-state index contributed by atoms with van der Waals surface area (Å²) in [6.07, 6.45) is 0. The van der Waals surface area contributed by atoms with Gasteiger partial charge in [-0.3, -0.25) is 9.59 Å². The first kappa shape index (κ1) is 19.0. The molecule has 0 aliphatic carbocycles. The molecule has 0 radical (unpaired) electrons. The summed E-state index contributed by atoms with van der Waals surface area (Å²) >= 11 is 1.64. The number of aromatic nitrogens is 3. The smallest absolute Gasteiger partial charge is 0.271 e. The Kier molecular flexibility index (Phi) is 5.48. The average molecular weight is 404 g/mol. The normalized spacial score (nSPS) is 12.0. The van der Waals surface area contributed by atoms with Gasteiger partial charge in [0.25, 0.3) is 11.5 Å². The van der Waals surface area contributed by atoms with Crippen LogP contribution in [0.5, 0.6) is 0 Å². The molecule has 1 N–H and O–H groups in total. The van der Waals surface area contributed by atoms with Crippen LogP contribution in [-0.2, 0) is 6.54 Å². The number of fused-ring (bicyclic) bond motifs is 1. The van der Waals surface area contributed by atoms with Crippen LogP contribution in [0, 0.1) is 0 Å². The second-order valence-corrected chi connectivity index (χ2v) is 7.89. The van der Waals surface area contributed by atoms with Crippen LogP contribution >= 0.6 is 11.3 Å². The molecule has 0 unspecified atom stereocenters.